The standard InChI is InChI=1S/C18H23N2O2/c1-13(21)22-18-10-12-20(2)11-6-5-9-16(20)17(18)19-15-8-4-3-7-14(15)18/h3-4,7-8,16H,5-6,9-12H2,1-2H3/q+1/t16-,18+,20?/m1/s1. The topological polar surface area (TPSA) is 38.7 Å². The molecular formula is C18H23N2O2+. The molecule has 1 aromatic carbocycles. The van der Waals surface area contributed by atoms with Gasteiger partial charge in [-0.3, -0.25) is 4.79 Å². The Hall–Kier alpha value is -1.68. The molecule has 3 atom stereocenters. The molecule has 0 spiro atoms. The fourth-order valence-corrected chi connectivity index (χ4v) is 4.67. The zero-order chi connectivity index (χ0) is 15.4. The van der Waals surface area contributed by atoms with Crippen LogP contribution in [-0.2, 0) is 15.1 Å². The molecule has 0 radical (unpaired) electrons. The van der Waals surface area contributed by atoms with Gasteiger partial charge in [-0.25, -0.2) is 4.99 Å². The Morgan fingerprint density at radius 3 is 2.95 bits per heavy atom. The van der Waals surface area contributed by atoms with Crippen molar-refractivity contribution < 1.29 is 14.0 Å². The molecule has 4 rings (SSSR count). The number of esters is 1. The first kappa shape index (κ1) is 13.9. The fourth-order valence-electron chi connectivity index (χ4n) is 4.67. The molecule has 3 aliphatic rings. The molecule has 0 N–H and O–H groups in total. The summed E-state index contributed by atoms with van der Waals surface area (Å²) in [5, 5.41) is 0. The second-order valence-electron chi connectivity index (χ2n) is 7.12. The van der Waals surface area contributed by atoms with Crippen LogP contribution in [0.1, 0.15) is 38.2 Å². The third-order valence-corrected chi connectivity index (χ3v) is 5.75. The number of hydrogen-bond donors (Lipinski definition) is 0. The van der Waals surface area contributed by atoms with Crippen molar-refractivity contribution in [1.29, 1.82) is 0 Å². The van der Waals surface area contributed by atoms with Crippen LogP contribution in [0.25, 0.3) is 0 Å². The largest absolute Gasteiger partial charge is 0.448 e. The van der Waals surface area contributed by atoms with Gasteiger partial charge in [0.1, 0.15) is 11.8 Å². The van der Waals surface area contributed by atoms with E-state index in [9.17, 15) is 4.79 Å². The van der Waals surface area contributed by atoms with E-state index in [-0.39, 0.29) is 5.97 Å². The third kappa shape index (κ3) is 1.80. The molecule has 22 heavy (non-hydrogen) atoms. The lowest BCUT2D eigenvalue weighted by molar-refractivity contribution is -0.932. The van der Waals surface area contributed by atoms with Crippen LogP contribution < -0.4 is 0 Å². The molecule has 2 saturated heterocycles. The van der Waals surface area contributed by atoms with E-state index in [4.69, 9.17) is 9.73 Å². The van der Waals surface area contributed by atoms with Crippen LogP contribution in [0.4, 0.5) is 5.69 Å². The van der Waals surface area contributed by atoms with Crippen molar-refractivity contribution in [2.75, 3.05) is 20.1 Å². The van der Waals surface area contributed by atoms with E-state index < -0.39 is 5.60 Å². The second kappa shape index (κ2) is 4.66. The van der Waals surface area contributed by atoms with Crippen LogP contribution in [0, 0.1) is 0 Å². The lowest BCUT2D eigenvalue weighted by Crippen LogP contribution is -2.67. The Kier molecular flexibility index (Phi) is 2.95. The maximum atomic E-state index is 11.8. The Labute approximate surface area is 131 Å². The fraction of sp³-hybridized carbons (Fsp3) is 0.556. The van der Waals surface area contributed by atoms with Crippen LogP contribution in [0.2, 0.25) is 0 Å². The van der Waals surface area contributed by atoms with Crippen molar-refractivity contribution in [3.8, 4) is 0 Å². The Morgan fingerprint density at radius 1 is 1.32 bits per heavy atom. The number of hydrogen-bond acceptors (Lipinski definition) is 3. The van der Waals surface area contributed by atoms with Crippen LogP contribution in [-0.4, -0.2) is 42.3 Å². The van der Waals surface area contributed by atoms with Crippen molar-refractivity contribution in [3.63, 3.8) is 0 Å². The smallest absolute Gasteiger partial charge is 0.303 e. The third-order valence-electron chi connectivity index (χ3n) is 5.75. The van der Waals surface area contributed by atoms with Gasteiger partial charge in [-0.15, -0.1) is 0 Å². The maximum absolute atomic E-state index is 11.8. The van der Waals surface area contributed by atoms with Crippen molar-refractivity contribution in [1.82, 2.24) is 0 Å². The van der Waals surface area contributed by atoms with Crippen molar-refractivity contribution in [2.45, 2.75) is 44.2 Å². The van der Waals surface area contributed by atoms with Crippen LogP contribution in [0.3, 0.4) is 0 Å². The van der Waals surface area contributed by atoms with Gasteiger partial charge in [-0.1, -0.05) is 18.2 Å². The van der Waals surface area contributed by atoms with E-state index in [0.29, 0.717) is 6.04 Å². The number of rotatable bonds is 1. The van der Waals surface area contributed by atoms with Gasteiger partial charge < -0.3 is 9.22 Å². The SMILES string of the molecule is CC(=O)O[C@]12CC[N+]3(C)CCCC[C@@H]3C1=Nc1ccccc12. The number of piperidine rings is 2. The van der Waals surface area contributed by atoms with E-state index in [2.05, 4.69) is 13.1 Å². The molecule has 0 bridgehead atoms. The van der Waals surface area contributed by atoms with E-state index >= 15 is 0 Å². The molecule has 116 valence electrons. The van der Waals surface area contributed by atoms with E-state index in [1.165, 1.54) is 26.3 Å². The summed E-state index contributed by atoms with van der Waals surface area (Å²) < 4.78 is 6.99. The number of nitrogens with zero attached hydrogens (tertiary/aromatic N) is 2. The Bertz CT molecular complexity index is 669. The van der Waals surface area contributed by atoms with Crippen molar-refractivity contribution in [3.05, 3.63) is 29.8 Å². The number of para-hydroxylation sites is 1. The van der Waals surface area contributed by atoms with Gasteiger partial charge in [0.15, 0.2) is 5.60 Å². The molecule has 2 fully saturated rings. The molecule has 3 heterocycles. The van der Waals surface area contributed by atoms with E-state index in [0.717, 1.165) is 40.8 Å². The number of carbonyl (C=O) groups is 1. The molecule has 0 aliphatic carbocycles. The van der Waals surface area contributed by atoms with E-state index in [1.54, 1.807) is 0 Å². The van der Waals surface area contributed by atoms with Gasteiger partial charge >= 0.3 is 5.97 Å². The second-order valence-corrected chi connectivity index (χ2v) is 7.12. The minimum atomic E-state index is -0.609. The summed E-state index contributed by atoms with van der Waals surface area (Å²) in [7, 11) is 2.34. The molecule has 4 heteroatoms. The van der Waals surface area contributed by atoms with Gasteiger partial charge in [0.2, 0.25) is 0 Å². The number of benzene rings is 1. The van der Waals surface area contributed by atoms with Crippen LogP contribution >= 0.6 is 0 Å². The molecule has 1 aromatic rings. The van der Waals surface area contributed by atoms with Crippen molar-refractivity contribution in [2.24, 2.45) is 4.99 Å². The summed E-state index contributed by atoms with van der Waals surface area (Å²) in [5.74, 6) is -0.212. The number of fused-ring (bicyclic) bond motifs is 5. The Balaban J connectivity index is 1.86. The number of quaternary nitrogens is 1. The predicted octanol–water partition coefficient (Wildman–Crippen LogP) is 2.93. The van der Waals surface area contributed by atoms with Crippen molar-refractivity contribution >= 4 is 17.4 Å². The first-order valence-electron chi connectivity index (χ1n) is 8.28. The number of carbonyl (C=O) groups excluding carboxylic acids is 1. The zero-order valence-electron chi connectivity index (χ0n) is 13.3. The first-order valence-corrected chi connectivity index (χ1v) is 8.28. The quantitative estimate of drug-likeness (QED) is 0.591. The molecule has 0 saturated carbocycles. The van der Waals surface area contributed by atoms with Crippen LogP contribution in [0.5, 0.6) is 0 Å². The summed E-state index contributed by atoms with van der Waals surface area (Å²) in [4.78, 5) is 16.8. The molecule has 4 nitrogen and oxygen atoms in total. The maximum Gasteiger partial charge on any atom is 0.303 e. The van der Waals surface area contributed by atoms with Gasteiger partial charge in [0.25, 0.3) is 0 Å². The highest BCUT2D eigenvalue weighted by Gasteiger charge is 2.59. The predicted molar refractivity (Wildman–Crippen MR) is 85.2 cm³/mol. The first-order chi connectivity index (χ1) is 10.6. The van der Waals surface area contributed by atoms with Gasteiger partial charge in [-0.2, -0.15) is 0 Å². The van der Waals surface area contributed by atoms with E-state index in [1.807, 2.05) is 18.2 Å². The lowest BCUT2D eigenvalue weighted by Gasteiger charge is -2.52. The highest BCUT2D eigenvalue weighted by atomic mass is 16.6. The number of ether oxygens (including phenoxy) is 1. The summed E-state index contributed by atoms with van der Waals surface area (Å²) in [6.45, 7) is 3.76. The number of aliphatic imine (C=N–C) groups is 1. The molecule has 0 amide bonds. The minimum absolute atomic E-state index is 0.212. The molecular weight excluding hydrogens is 276 g/mol. The molecule has 1 unspecified atom stereocenters. The minimum Gasteiger partial charge on any atom is -0.448 e. The van der Waals surface area contributed by atoms with Crippen LogP contribution in [0.15, 0.2) is 29.3 Å². The normalized spacial score (nSPS) is 35.9. The van der Waals surface area contributed by atoms with Gasteiger partial charge in [0, 0.05) is 25.3 Å². The average molecular weight is 299 g/mol. The summed E-state index contributed by atoms with van der Waals surface area (Å²) >= 11 is 0. The average Bonchev–Trinajstić information content (AvgIpc) is 2.81. The van der Waals surface area contributed by atoms with Gasteiger partial charge in [0.05, 0.1) is 25.8 Å². The summed E-state index contributed by atoms with van der Waals surface area (Å²) in [6, 6.07) is 8.53. The summed E-state index contributed by atoms with van der Waals surface area (Å²) in [5.41, 5.74) is 2.55. The highest BCUT2D eigenvalue weighted by Crippen LogP contribution is 2.50. The highest BCUT2D eigenvalue weighted by molar-refractivity contribution is 6.04. The zero-order valence-corrected chi connectivity index (χ0v) is 13.3. The monoisotopic (exact) mass is 299 g/mol. The lowest BCUT2D eigenvalue weighted by atomic mass is 9.76. The van der Waals surface area contributed by atoms with Gasteiger partial charge in [-0.05, 0) is 18.9 Å². The summed E-state index contributed by atoms with van der Waals surface area (Å²) in [6.07, 6.45) is 4.51. The molecule has 0 aromatic heterocycles. The Morgan fingerprint density at radius 2 is 2.14 bits per heavy atom. The molecule has 3 aliphatic heterocycles.